The van der Waals surface area contributed by atoms with Crippen LogP contribution >= 0.6 is 11.8 Å². The molecule has 5 rings (SSSR count). The molecule has 0 spiro atoms. The Balaban J connectivity index is 1.69. The molecule has 33 heavy (non-hydrogen) atoms. The zero-order valence-corrected chi connectivity index (χ0v) is 19.1. The minimum atomic E-state index is -1.31. The predicted molar refractivity (Wildman–Crippen MR) is 135 cm³/mol. The van der Waals surface area contributed by atoms with E-state index in [1.165, 1.54) is 5.56 Å². The van der Waals surface area contributed by atoms with Gasteiger partial charge in [0, 0.05) is 16.1 Å². The first-order valence-corrected chi connectivity index (χ1v) is 12.2. The summed E-state index contributed by atoms with van der Waals surface area (Å²) in [4.78, 5) is 14.0. The molecule has 0 aliphatic carbocycles. The van der Waals surface area contributed by atoms with Gasteiger partial charge in [-0.25, -0.2) is 0 Å². The van der Waals surface area contributed by atoms with Crippen LogP contribution in [0.15, 0.2) is 121 Å². The molecule has 0 radical (unpaired) electrons. The molecule has 1 aliphatic rings. The molecule has 4 unspecified atom stereocenters. The lowest BCUT2D eigenvalue weighted by Crippen LogP contribution is -2.46. The molecule has 4 aromatic rings. The Kier molecular flexibility index (Phi) is 6.17. The first-order valence-electron chi connectivity index (χ1n) is 11.3. The lowest BCUT2D eigenvalue weighted by molar-refractivity contribution is -0.0284. The maximum atomic E-state index is 14.0. The average molecular weight is 451 g/mol. The molecule has 164 valence electrons. The van der Waals surface area contributed by atoms with E-state index in [-0.39, 0.29) is 16.3 Å². The number of thioether (sulfide) groups is 1. The quantitative estimate of drug-likeness (QED) is 0.333. The highest BCUT2D eigenvalue weighted by molar-refractivity contribution is 7.99. The van der Waals surface area contributed by atoms with E-state index in [4.69, 9.17) is 0 Å². The summed E-state index contributed by atoms with van der Waals surface area (Å²) < 4.78 is 0. The van der Waals surface area contributed by atoms with Gasteiger partial charge in [-0.2, -0.15) is 0 Å². The highest BCUT2D eigenvalue weighted by Gasteiger charge is 2.53. The van der Waals surface area contributed by atoms with Gasteiger partial charge >= 0.3 is 0 Å². The van der Waals surface area contributed by atoms with Crippen molar-refractivity contribution >= 4 is 17.5 Å². The van der Waals surface area contributed by atoms with Crippen molar-refractivity contribution in [3.8, 4) is 0 Å². The van der Waals surface area contributed by atoms with Crippen LogP contribution in [0.2, 0.25) is 0 Å². The largest absolute Gasteiger partial charge is 0.384 e. The summed E-state index contributed by atoms with van der Waals surface area (Å²) in [5.74, 6) is -0.635. The van der Waals surface area contributed by atoms with Crippen molar-refractivity contribution in [2.24, 2.45) is 5.92 Å². The molecule has 3 heteroatoms. The topological polar surface area (TPSA) is 37.3 Å². The Morgan fingerprint density at radius 1 is 0.697 bits per heavy atom. The Morgan fingerprint density at radius 2 is 1.18 bits per heavy atom. The number of Topliss-reactive ketones (excluding diaryl/α,β-unsaturated/α-hetero) is 1. The van der Waals surface area contributed by atoms with Gasteiger partial charge in [-0.05, 0) is 23.1 Å². The molecular weight excluding hydrogens is 424 g/mol. The molecule has 0 amide bonds. The number of hydrogen-bond acceptors (Lipinski definition) is 3. The summed E-state index contributed by atoms with van der Waals surface area (Å²) in [6, 6.07) is 39.6. The molecule has 1 saturated heterocycles. The van der Waals surface area contributed by atoms with E-state index < -0.39 is 11.5 Å². The van der Waals surface area contributed by atoms with Crippen molar-refractivity contribution in [1.82, 2.24) is 0 Å². The van der Waals surface area contributed by atoms with Crippen molar-refractivity contribution in [2.75, 3.05) is 0 Å². The van der Waals surface area contributed by atoms with Crippen LogP contribution in [0.5, 0.6) is 0 Å². The third-order valence-corrected chi connectivity index (χ3v) is 8.14. The van der Waals surface area contributed by atoms with Crippen molar-refractivity contribution in [2.45, 2.75) is 22.5 Å². The van der Waals surface area contributed by atoms with E-state index in [2.05, 4.69) is 24.3 Å². The van der Waals surface area contributed by atoms with Gasteiger partial charge in [0.1, 0.15) is 5.60 Å². The minimum absolute atomic E-state index is 0.0187. The first-order chi connectivity index (χ1) is 16.2. The molecule has 2 nitrogen and oxygen atoms in total. The standard InChI is InChI=1S/C30H26O2S/c31-28(23-15-7-2-8-16-23)27-29(24-17-9-3-10-18-24)33-26(22-13-5-1-6-14-22)21-30(27,32)25-19-11-4-12-20-25/h1-20,26-27,29,32H,21H2. The van der Waals surface area contributed by atoms with E-state index in [0.717, 1.165) is 11.1 Å². The first kappa shape index (κ1) is 21.7. The number of carbonyl (C=O) groups excluding carboxylic acids is 1. The Hall–Kier alpha value is -3.14. The van der Waals surface area contributed by atoms with Crippen molar-refractivity contribution in [1.29, 1.82) is 0 Å². The van der Waals surface area contributed by atoms with Gasteiger partial charge in [0.05, 0.1) is 5.92 Å². The smallest absolute Gasteiger partial charge is 0.170 e. The van der Waals surface area contributed by atoms with Crippen LogP contribution in [0.25, 0.3) is 0 Å². The second-order valence-corrected chi connectivity index (χ2v) is 9.92. The second-order valence-electron chi connectivity index (χ2n) is 8.57. The van der Waals surface area contributed by atoms with E-state index in [1.54, 1.807) is 11.8 Å². The van der Waals surface area contributed by atoms with Crippen LogP contribution < -0.4 is 0 Å². The Bertz CT molecular complexity index is 1200. The van der Waals surface area contributed by atoms with Gasteiger partial charge in [-0.1, -0.05) is 121 Å². The molecule has 1 fully saturated rings. The predicted octanol–water partition coefficient (Wildman–Crippen LogP) is 6.99. The fourth-order valence-electron chi connectivity index (χ4n) is 4.90. The van der Waals surface area contributed by atoms with Crippen LogP contribution in [-0.4, -0.2) is 10.9 Å². The highest BCUT2D eigenvalue weighted by atomic mass is 32.2. The van der Waals surface area contributed by atoms with E-state index in [0.29, 0.717) is 12.0 Å². The number of benzene rings is 4. The number of ketones is 1. The van der Waals surface area contributed by atoms with E-state index in [1.807, 2.05) is 97.1 Å². The summed E-state index contributed by atoms with van der Waals surface area (Å²) >= 11 is 1.78. The van der Waals surface area contributed by atoms with Crippen LogP contribution in [0.4, 0.5) is 0 Å². The van der Waals surface area contributed by atoms with Gasteiger partial charge in [0.15, 0.2) is 5.78 Å². The molecular formula is C30H26O2S. The van der Waals surface area contributed by atoms with E-state index in [9.17, 15) is 9.90 Å². The van der Waals surface area contributed by atoms with Crippen molar-refractivity contribution < 1.29 is 9.90 Å². The second kappa shape index (κ2) is 9.38. The summed E-state index contributed by atoms with van der Waals surface area (Å²) in [6.45, 7) is 0. The Labute approximate surface area is 199 Å². The molecule has 0 aromatic heterocycles. The van der Waals surface area contributed by atoms with Crippen LogP contribution in [-0.2, 0) is 5.60 Å². The lowest BCUT2D eigenvalue weighted by atomic mass is 9.70. The summed E-state index contributed by atoms with van der Waals surface area (Å²) in [5, 5.41) is 12.3. The zero-order chi connectivity index (χ0) is 22.7. The zero-order valence-electron chi connectivity index (χ0n) is 18.2. The number of rotatable bonds is 5. The SMILES string of the molecule is O=C(c1ccccc1)C1C(c2ccccc2)SC(c2ccccc2)CC1(O)c1ccccc1. The Morgan fingerprint density at radius 3 is 1.76 bits per heavy atom. The molecule has 4 atom stereocenters. The third kappa shape index (κ3) is 4.27. The third-order valence-electron chi connectivity index (χ3n) is 6.54. The number of carbonyl (C=O) groups is 1. The fourth-order valence-corrected chi connectivity index (χ4v) is 6.74. The maximum Gasteiger partial charge on any atom is 0.170 e. The van der Waals surface area contributed by atoms with Crippen molar-refractivity contribution in [3.63, 3.8) is 0 Å². The molecule has 1 aliphatic heterocycles. The summed E-state index contributed by atoms with van der Waals surface area (Å²) in [5.41, 5.74) is 2.36. The normalized spacial score (nSPS) is 24.8. The van der Waals surface area contributed by atoms with Gasteiger partial charge in [-0.3, -0.25) is 4.79 Å². The van der Waals surface area contributed by atoms with Crippen LogP contribution in [0, 0.1) is 5.92 Å². The number of aliphatic hydroxyl groups is 1. The number of hydrogen-bond donors (Lipinski definition) is 1. The highest BCUT2D eigenvalue weighted by Crippen LogP contribution is 2.60. The van der Waals surface area contributed by atoms with E-state index >= 15 is 0 Å². The summed E-state index contributed by atoms with van der Waals surface area (Å²) in [7, 11) is 0. The van der Waals surface area contributed by atoms with Gasteiger partial charge in [0.2, 0.25) is 0 Å². The maximum absolute atomic E-state index is 14.0. The minimum Gasteiger partial charge on any atom is -0.384 e. The lowest BCUT2D eigenvalue weighted by Gasteiger charge is -2.47. The van der Waals surface area contributed by atoms with Gasteiger partial charge in [-0.15, -0.1) is 11.8 Å². The van der Waals surface area contributed by atoms with Gasteiger partial charge < -0.3 is 5.11 Å². The van der Waals surface area contributed by atoms with Crippen LogP contribution in [0.3, 0.4) is 0 Å². The molecule has 1 N–H and O–H groups in total. The average Bonchev–Trinajstić information content (AvgIpc) is 2.90. The van der Waals surface area contributed by atoms with Crippen LogP contribution in [0.1, 0.15) is 44.0 Å². The fraction of sp³-hybridized carbons (Fsp3) is 0.167. The molecule has 4 aromatic carbocycles. The monoisotopic (exact) mass is 450 g/mol. The van der Waals surface area contributed by atoms with Crippen molar-refractivity contribution in [3.05, 3.63) is 144 Å². The molecule has 0 saturated carbocycles. The summed E-state index contributed by atoms with van der Waals surface area (Å²) in [6.07, 6.45) is 0.471. The molecule has 1 heterocycles. The molecule has 0 bridgehead atoms. The van der Waals surface area contributed by atoms with Gasteiger partial charge in [0.25, 0.3) is 0 Å².